The third-order valence-corrected chi connectivity index (χ3v) is 5.43. The normalized spacial score (nSPS) is 13.2. The highest BCUT2D eigenvalue weighted by Crippen LogP contribution is 2.32. The fraction of sp³-hybridized carbons (Fsp3) is 0.261. The predicted octanol–water partition coefficient (Wildman–Crippen LogP) is 3.99. The maximum absolute atomic E-state index is 12.4. The van der Waals surface area contributed by atoms with E-state index < -0.39 is 18.0 Å². The van der Waals surface area contributed by atoms with Gasteiger partial charge in [0.15, 0.2) is 23.3 Å². The van der Waals surface area contributed by atoms with Crippen molar-refractivity contribution >= 4 is 28.9 Å². The first-order valence-electron chi connectivity index (χ1n) is 10.0. The maximum atomic E-state index is 12.4. The minimum Gasteiger partial charge on any atom is -0.486 e. The number of hydrogen-bond acceptors (Lipinski definition) is 8. The van der Waals surface area contributed by atoms with E-state index in [9.17, 15) is 9.59 Å². The minimum atomic E-state index is -1.01. The summed E-state index contributed by atoms with van der Waals surface area (Å²) in [5, 5.41) is 4.92. The monoisotopic (exact) mass is 454 g/mol. The summed E-state index contributed by atoms with van der Waals surface area (Å²) in [6.07, 6.45) is -1.01. The molecule has 1 aromatic heterocycles. The number of carbonyl (C=O) groups is 2. The Morgan fingerprint density at radius 1 is 1.12 bits per heavy atom. The molecular formula is C23H22N2O6S. The molecule has 0 bridgehead atoms. The zero-order chi connectivity index (χ0) is 22.5. The molecule has 9 heteroatoms. The number of carbonyl (C=O) groups excluding carboxylic acids is 2. The summed E-state index contributed by atoms with van der Waals surface area (Å²) >= 11 is 1.29. The number of hydrogen-bond donors (Lipinski definition) is 1. The summed E-state index contributed by atoms with van der Waals surface area (Å²) in [5.41, 5.74) is 1.80. The van der Waals surface area contributed by atoms with E-state index in [1.54, 1.807) is 23.6 Å². The van der Waals surface area contributed by atoms with E-state index in [0.717, 1.165) is 11.3 Å². The van der Waals surface area contributed by atoms with Crippen molar-refractivity contribution in [2.24, 2.45) is 0 Å². The van der Waals surface area contributed by atoms with Crippen LogP contribution >= 0.6 is 11.3 Å². The van der Waals surface area contributed by atoms with Crippen LogP contribution in [0.25, 0.3) is 0 Å². The number of amides is 1. The van der Waals surface area contributed by atoms with E-state index in [0.29, 0.717) is 35.4 Å². The van der Waals surface area contributed by atoms with Crippen molar-refractivity contribution in [2.75, 3.05) is 18.5 Å². The van der Waals surface area contributed by atoms with E-state index in [2.05, 4.69) is 10.3 Å². The van der Waals surface area contributed by atoms with Crippen LogP contribution in [-0.4, -0.2) is 36.2 Å². The van der Waals surface area contributed by atoms with Gasteiger partial charge in [-0.1, -0.05) is 17.7 Å². The molecule has 8 nitrogen and oxygen atoms in total. The van der Waals surface area contributed by atoms with Crippen LogP contribution in [-0.2, 0) is 16.1 Å². The Bertz CT molecular complexity index is 1110. The molecule has 166 valence electrons. The van der Waals surface area contributed by atoms with E-state index in [1.807, 2.05) is 31.2 Å². The second-order valence-corrected chi connectivity index (χ2v) is 8.07. The van der Waals surface area contributed by atoms with Crippen LogP contribution in [0, 0.1) is 6.92 Å². The molecule has 1 aliphatic heterocycles. The number of anilines is 1. The highest BCUT2D eigenvalue weighted by molar-refractivity contribution is 7.09. The molecular weight excluding hydrogens is 432 g/mol. The Morgan fingerprint density at radius 3 is 2.66 bits per heavy atom. The second-order valence-electron chi connectivity index (χ2n) is 7.12. The highest BCUT2D eigenvalue weighted by atomic mass is 32.1. The van der Waals surface area contributed by atoms with E-state index in [-0.39, 0.29) is 12.3 Å². The summed E-state index contributed by atoms with van der Waals surface area (Å²) in [6.45, 7) is 4.67. The lowest BCUT2D eigenvalue weighted by molar-refractivity contribution is -0.123. The molecule has 2 aromatic carbocycles. The van der Waals surface area contributed by atoms with Gasteiger partial charge < -0.3 is 24.3 Å². The number of aromatic nitrogens is 1. The highest BCUT2D eigenvalue weighted by Gasteiger charge is 2.22. The Balaban J connectivity index is 1.29. The van der Waals surface area contributed by atoms with Crippen molar-refractivity contribution in [1.82, 2.24) is 4.98 Å². The summed E-state index contributed by atoms with van der Waals surface area (Å²) in [7, 11) is 0. The number of esters is 1. The Hall–Kier alpha value is -3.59. The van der Waals surface area contributed by atoms with Crippen LogP contribution in [0.15, 0.2) is 47.8 Å². The average Bonchev–Trinajstić information content (AvgIpc) is 3.28. The molecule has 3 aromatic rings. The second kappa shape index (κ2) is 9.69. The van der Waals surface area contributed by atoms with Crippen molar-refractivity contribution in [2.45, 2.75) is 26.6 Å². The first-order valence-corrected chi connectivity index (χ1v) is 10.9. The van der Waals surface area contributed by atoms with Gasteiger partial charge in [0, 0.05) is 17.1 Å². The third-order valence-electron chi connectivity index (χ3n) is 4.61. The standard InChI is InChI=1S/C23H22N2O6S/c1-14-3-6-17(7-4-14)30-12-21-25-18(13-32-21)23(27)31-15(2)22(26)24-16-5-8-19-20(11-16)29-10-9-28-19/h3-8,11,13,15H,9-10,12H2,1-2H3,(H,24,26). The molecule has 0 fully saturated rings. The summed E-state index contributed by atoms with van der Waals surface area (Å²) in [4.78, 5) is 29.1. The molecule has 1 aliphatic rings. The van der Waals surface area contributed by atoms with Crippen LogP contribution in [0.4, 0.5) is 5.69 Å². The molecule has 2 heterocycles. The van der Waals surface area contributed by atoms with Crippen LogP contribution in [0.2, 0.25) is 0 Å². The lowest BCUT2D eigenvalue weighted by atomic mass is 10.2. The minimum absolute atomic E-state index is 0.136. The fourth-order valence-electron chi connectivity index (χ4n) is 2.89. The molecule has 1 atom stereocenters. The van der Waals surface area contributed by atoms with Crippen molar-refractivity contribution < 1.29 is 28.5 Å². The van der Waals surface area contributed by atoms with Crippen LogP contribution in [0.3, 0.4) is 0 Å². The lowest BCUT2D eigenvalue weighted by Crippen LogP contribution is -2.30. The zero-order valence-electron chi connectivity index (χ0n) is 17.6. The van der Waals surface area contributed by atoms with Gasteiger partial charge in [0.2, 0.25) is 0 Å². The molecule has 1 unspecified atom stereocenters. The number of aryl methyl sites for hydroxylation is 1. The number of benzene rings is 2. The number of nitrogens with zero attached hydrogens (tertiary/aromatic N) is 1. The number of fused-ring (bicyclic) bond motifs is 1. The van der Waals surface area contributed by atoms with Crippen molar-refractivity contribution in [3.8, 4) is 17.2 Å². The first kappa shape index (κ1) is 21.6. The smallest absolute Gasteiger partial charge is 0.358 e. The van der Waals surface area contributed by atoms with E-state index >= 15 is 0 Å². The SMILES string of the molecule is Cc1ccc(OCc2nc(C(=O)OC(C)C(=O)Nc3ccc4c(c3)OCCO4)cs2)cc1. The Morgan fingerprint density at radius 2 is 1.88 bits per heavy atom. The van der Waals surface area contributed by atoms with Crippen LogP contribution in [0.1, 0.15) is 28.0 Å². The molecule has 32 heavy (non-hydrogen) atoms. The van der Waals surface area contributed by atoms with Gasteiger partial charge in [0.1, 0.15) is 30.6 Å². The number of nitrogens with one attached hydrogen (secondary N) is 1. The number of thiazole rings is 1. The zero-order valence-corrected chi connectivity index (χ0v) is 18.4. The van der Waals surface area contributed by atoms with Gasteiger partial charge in [-0.3, -0.25) is 4.79 Å². The molecule has 1 amide bonds. The van der Waals surface area contributed by atoms with Crippen molar-refractivity contribution in [3.63, 3.8) is 0 Å². The van der Waals surface area contributed by atoms with Crippen molar-refractivity contribution in [3.05, 3.63) is 64.1 Å². The van der Waals surface area contributed by atoms with Crippen LogP contribution in [0.5, 0.6) is 17.2 Å². The van der Waals surface area contributed by atoms with Crippen molar-refractivity contribution in [1.29, 1.82) is 0 Å². The Kier molecular flexibility index (Phi) is 6.55. The largest absolute Gasteiger partial charge is 0.486 e. The molecule has 0 saturated heterocycles. The van der Waals surface area contributed by atoms with Gasteiger partial charge in [-0.25, -0.2) is 9.78 Å². The molecule has 4 rings (SSSR count). The first-order chi connectivity index (χ1) is 15.5. The fourth-order valence-corrected chi connectivity index (χ4v) is 3.56. The summed E-state index contributed by atoms with van der Waals surface area (Å²) in [5.74, 6) is 0.765. The van der Waals surface area contributed by atoms with Crippen LogP contribution < -0.4 is 19.5 Å². The number of rotatable bonds is 7. The molecule has 1 N–H and O–H groups in total. The van der Waals surface area contributed by atoms with Gasteiger partial charge in [0.25, 0.3) is 5.91 Å². The van der Waals surface area contributed by atoms with Gasteiger partial charge in [-0.2, -0.15) is 0 Å². The summed E-state index contributed by atoms with van der Waals surface area (Å²) in [6, 6.07) is 12.7. The molecule has 0 saturated carbocycles. The van der Waals surface area contributed by atoms with Gasteiger partial charge >= 0.3 is 5.97 Å². The molecule has 0 radical (unpaired) electrons. The molecule has 0 aliphatic carbocycles. The summed E-state index contributed by atoms with van der Waals surface area (Å²) < 4.78 is 21.9. The van der Waals surface area contributed by atoms with E-state index in [4.69, 9.17) is 18.9 Å². The number of ether oxygens (including phenoxy) is 4. The third kappa shape index (κ3) is 5.36. The molecule has 0 spiro atoms. The van der Waals surface area contributed by atoms with Gasteiger partial charge in [-0.15, -0.1) is 11.3 Å². The maximum Gasteiger partial charge on any atom is 0.358 e. The van der Waals surface area contributed by atoms with E-state index in [1.165, 1.54) is 18.3 Å². The van der Waals surface area contributed by atoms with Gasteiger partial charge in [0.05, 0.1) is 0 Å². The topological polar surface area (TPSA) is 96.0 Å². The quantitative estimate of drug-likeness (QED) is 0.539. The Labute approximate surface area is 189 Å². The average molecular weight is 455 g/mol. The van der Waals surface area contributed by atoms with Gasteiger partial charge in [-0.05, 0) is 38.1 Å². The lowest BCUT2D eigenvalue weighted by Gasteiger charge is -2.19. The predicted molar refractivity (Wildman–Crippen MR) is 119 cm³/mol.